The molecule has 0 aromatic carbocycles. The molecule has 0 aliphatic rings. The van der Waals surface area contributed by atoms with Crippen molar-refractivity contribution in [2.24, 2.45) is 0 Å². The van der Waals surface area contributed by atoms with Gasteiger partial charge in [0.2, 0.25) is 0 Å². The Morgan fingerprint density at radius 2 is 2.21 bits per heavy atom. The number of aromatic hydroxyl groups is 1. The number of hydrogen-bond donors (Lipinski definition) is 1. The molecule has 4 heteroatoms. The molecule has 4 nitrogen and oxygen atoms in total. The van der Waals surface area contributed by atoms with Crippen LogP contribution in [0.15, 0.2) is 10.9 Å². The topological polar surface area (TPSA) is 66.0 Å². The smallest absolute Gasteiger partial charge is 0.253 e. The van der Waals surface area contributed by atoms with E-state index in [0.29, 0.717) is 5.56 Å². The van der Waals surface area contributed by atoms with Crippen LogP contribution in [0.4, 0.5) is 0 Å². The van der Waals surface area contributed by atoms with E-state index in [4.69, 9.17) is 5.26 Å². The zero-order valence-electron chi connectivity index (χ0n) is 8.24. The van der Waals surface area contributed by atoms with E-state index in [9.17, 15) is 9.90 Å². The molecule has 1 heterocycles. The number of rotatable bonds is 2. The first-order valence-corrected chi connectivity index (χ1v) is 4.35. The maximum absolute atomic E-state index is 11.4. The van der Waals surface area contributed by atoms with Gasteiger partial charge >= 0.3 is 0 Å². The van der Waals surface area contributed by atoms with E-state index in [0.717, 1.165) is 5.56 Å². The first-order chi connectivity index (χ1) is 6.57. The highest BCUT2D eigenvalue weighted by Gasteiger charge is 2.07. The van der Waals surface area contributed by atoms with E-state index in [2.05, 4.69) is 0 Å². The lowest BCUT2D eigenvalue weighted by molar-refractivity contribution is 0.402. The highest BCUT2D eigenvalue weighted by atomic mass is 16.3. The molecule has 0 saturated carbocycles. The van der Waals surface area contributed by atoms with E-state index >= 15 is 0 Å². The Morgan fingerprint density at radius 3 is 2.79 bits per heavy atom. The maximum atomic E-state index is 11.4. The van der Waals surface area contributed by atoms with E-state index in [1.165, 1.54) is 10.6 Å². The van der Waals surface area contributed by atoms with E-state index in [1.807, 2.05) is 6.07 Å². The second-order valence-corrected chi connectivity index (χ2v) is 3.17. The SMILES string of the molecule is Cc1cc(=O)n(CCC#N)c(O)c1C. The van der Waals surface area contributed by atoms with Crippen molar-refractivity contribution in [3.05, 3.63) is 27.5 Å². The Balaban J connectivity index is 3.24. The number of aryl methyl sites for hydroxylation is 1. The van der Waals surface area contributed by atoms with Crippen molar-refractivity contribution in [3.63, 3.8) is 0 Å². The summed E-state index contributed by atoms with van der Waals surface area (Å²) in [5, 5.41) is 18.0. The number of nitrogens with zero attached hydrogens (tertiary/aromatic N) is 2. The summed E-state index contributed by atoms with van der Waals surface area (Å²) < 4.78 is 1.21. The molecular weight excluding hydrogens is 180 g/mol. The molecule has 0 aliphatic heterocycles. The summed E-state index contributed by atoms with van der Waals surface area (Å²) in [6.45, 7) is 3.75. The van der Waals surface area contributed by atoms with Crippen LogP contribution in [0.3, 0.4) is 0 Å². The summed E-state index contributed by atoms with van der Waals surface area (Å²) in [6.07, 6.45) is 0.218. The molecule has 0 bridgehead atoms. The van der Waals surface area contributed by atoms with Gasteiger partial charge in [-0.05, 0) is 19.4 Å². The summed E-state index contributed by atoms with van der Waals surface area (Å²) in [5.74, 6) is -0.0368. The Kier molecular flexibility index (Phi) is 2.92. The van der Waals surface area contributed by atoms with Crippen LogP contribution in [0.5, 0.6) is 5.88 Å². The molecule has 0 unspecified atom stereocenters. The Bertz CT molecular complexity index is 441. The summed E-state index contributed by atoms with van der Waals surface area (Å²) in [5.41, 5.74) is 1.18. The molecule has 0 amide bonds. The highest BCUT2D eigenvalue weighted by molar-refractivity contribution is 5.32. The molecule has 1 rings (SSSR count). The summed E-state index contributed by atoms with van der Waals surface area (Å²) in [7, 11) is 0. The van der Waals surface area contributed by atoms with Crippen LogP contribution in [-0.4, -0.2) is 9.67 Å². The summed E-state index contributed by atoms with van der Waals surface area (Å²) in [4.78, 5) is 11.4. The number of aromatic nitrogens is 1. The van der Waals surface area contributed by atoms with Gasteiger partial charge in [0.1, 0.15) is 0 Å². The van der Waals surface area contributed by atoms with Gasteiger partial charge in [-0.25, -0.2) is 0 Å². The molecule has 14 heavy (non-hydrogen) atoms. The average molecular weight is 192 g/mol. The van der Waals surface area contributed by atoms with Gasteiger partial charge in [0.15, 0.2) is 5.88 Å². The Morgan fingerprint density at radius 1 is 1.57 bits per heavy atom. The molecule has 0 radical (unpaired) electrons. The minimum absolute atomic E-state index is 0.0368. The quantitative estimate of drug-likeness (QED) is 0.762. The molecule has 74 valence electrons. The van der Waals surface area contributed by atoms with E-state index < -0.39 is 0 Å². The van der Waals surface area contributed by atoms with Crippen LogP contribution in [0.25, 0.3) is 0 Å². The molecule has 0 fully saturated rings. The first-order valence-electron chi connectivity index (χ1n) is 4.35. The zero-order chi connectivity index (χ0) is 10.7. The minimum Gasteiger partial charge on any atom is -0.494 e. The van der Waals surface area contributed by atoms with Crippen LogP contribution in [0, 0.1) is 25.2 Å². The molecule has 1 N–H and O–H groups in total. The van der Waals surface area contributed by atoms with Crippen LogP contribution < -0.4 is 5.56 Å². The third kappa shape index (κ3) is 1.77. The average Bonchev–Trinajstić information content (AvgIpc) is 2.14. The predicted molar refractivity (Wildman–Crippen MR) is 52.1 cm³/mol. The van der Waals surface area contributed by atoms with Crippen LogP contribution in [0.2, 0.25) is 0 Å². The molecule has 1 aromatic heterocycles. The normalized spacial score (nSPS) is 9.79. The molecule has 0 spiro atoms. The van der Waals surface area contributed by atoms with Gasteiger partial charge in [-0.3, -0.25) is 9.36 Å². The van der Waals surface area contributed by atoms with Crippen LogP contribution in [-0.2, 0) is 6.54 Å². The number of pyridine rings is 1. The van der Waals surface area contributed by atoms with Gasteiger partial charge in [0.05, 0.1) is 12.5 Å². The van der Waals surface area contributed by atoms with Gasteiger partial charge in [-0.1, -0.05) is 0 Å². The van der Waals surface area contributed by atoms with Gasteiger partial charge in [0.25, 0.3) is 5.56 Å². The second kappa shape index (κ2) is 3.97. The van der Waals surface area contributed by atoms with Gasteiger partial charge < -0.3 is 5.11 Å². The zero-order valence-corrected chi connectivity index (χ0v) is 8.24. The van der Waals surface area contributed by atoms with Crippen molar-refractivity contribution in [1.29, 1.82) is 5.26 Å². The number of hydrogen-bond acceptors (Lipinski definition) is 3. The lowest BCUT2D eigenvalue weighted by Gasteiger charge is -2.10. The number of nitriles is 1. The Hall–Kier alpha value is -1.76. The fourth-order valence-electron chi connectivity index (χ4n) is 1.23. The summed E-state index contributed by atoms with van der Waals surface area (Å²) >= 11 is 0. The van der Waals surface area contributed by atoms with Crippen molar-refractivity contribution in [3.8, 4) is 11.9 Å². The minimum atomic E-state index is -0.263. The van der Waals surface area contributed by atoms with Crippen molar-refractivity contribution in [1.82, 2.24) is 4.57 Å². The molecule has 0 aliphatic carbocycles. The van der Waals surface area contributed by atoms with Gasteiger partial charge in [-0.15, -0.1) is 0 Å². The third-order valence-corrected chi connectivity index (χ3v) is 2.24. The first kappa shape index (κ1) is 10.3. The van der Waals surface area contributed by atoms with Crippen molar-refractivity contribution in [2.45, 2.75) is 26.8 Å². The lowest BCUT2D eigenvalue weighted by atomic mass is 10.2. The van der Waals surface area contributed by atoms with Crippen LogP contribution in [0.1, 0.15) is 17.5 Å². The predicted octanol–water partition coefficient (Wildman–Crippen LogP) is 1.08. The largest absolute Gasteiger partial charge is 0.494 e. The molecule has 0 saturated heterocycles. The second-order valence-electron chi connectivity index (χ2n) is 3.17. The molecule has 1 aromatic rings. The maximum Gasteiger partial charge on any atom is 0.253 e. The fraction of sp³-hybridized carbons (Fsp3) is 0.400. The Labute approximate surface area is 82.0 Å². The monoisotopic (exact) mass is 192 g/mol. The van der Waals surface area contributed by atoms with Crippen molar-refractivity contribution in [2.75, 3.05) is 0 Å². The lowest BCUT2D eigenvalue weighted by Crippen LogP contribution is -2.20. The van der Waals surface area contributed by atoms with E-state index in [-0.39, 0.29) is 24.4 Å². The highest BCUT2D eigenvalue weighted by Crippen LogP contribution is 2.16. The van der Waals surface area contributed by atoms with Crippen molar-refractivity contribution < 1.29 is 5.11 Å². The van der Waals surface area contributed by atoms with Crippen LogP contribution >= 0.6 is 0 Å². The van der Waals surface area contributed by atoms with E-state index in [1.54, 1.807) is 13.8 Å². The van der Waals surface area contributed by atoms with Gasteiger partial charge in [0, 0.05) is 18.2 Å². The summed E-state index contributed by atoms with van der Waals surface area (Å²) in [6, 6.07) is 3.40. The van der Waals surface area contributed by atoms with Crippen molar-refractivity contribution >= 4 is 0 Å². The van der Waals surface area contributed by atoms with Gasteiger partial charge in [-0.2, -0.15) is 5.26 Å². The standard InChI is InChI=1S/C10H12N2O2/c1-7-6-9(13)12(5-3-4-11)10(14)8(7)2/h6,14H,3,5H2,1-2H3. The third-order valence-electron chi connectivity index (χ3n) is 2.24. The molecule has 0 atom stereocenters. The molecular formula is C10H12N2O2. The fourth-order valence-corrected chi connectivity index (χ4v) is 1.23.